The molecule has 0 aromatic carbocycles. The maximum atomic E-state index is 11.5. The number of aliphatic imine (C=N–C) groups is 1. The van der Waals surface area contributed by atoms with Crippen LogP contribution in [0, 0.1) is 0 Å². The number of hydrogen-bond acceptors (Lipinski definition) is 3. The maximum absolute atomic E-state index is 11.5. The summed E-state index contributed by atoms with van der Waals surface area (Å²) in [5.74, 6) is 0.694. The Hall–Kier alpha value is -1.30. The Balaban J connectivity index is 2.11. The van der Waals surface area contributed by atoms with Crippen molar-refractivity contribution < 1.29 is 4.79 Å². The first kappa shape index (κ1) is 16.8. The van der Waals surface area contributed by atoms with E-state index in [2.05, 4.69) is 25.8 Å². The highest BCUT2D eigenvalue weighted by atomic mass is 16.1. The van der Waals surface area contributed by atoms with Crippen LogP contribution in [0.15, 0.2) is 4.99 Å². The van der Waals surface area contributed by atoms with Gasteiger partial charge in [-0.3, -0.25) is 9.79 Å². The van der Waals surface area contributed by atoms with E-state index in [4.69, 9.17) is 0 Å². The quantitative estimate of drug-likeness (QED) is 0.460. The zero-order valence-electron chi connectivity index (χ0n) is 12.9. The van der Waals surface area contributed by atoms with Gasteiger partial charge in [0, 0.05) is 26.7 Å². The minimum atomic E-state index is 0.00540. The Morgan fingerprint density at radius 1 is 1.10 bits per heavy atom. The van der Waals surface area contributed by atoms with Gasteiger partial charge in [0.1, 0.15) is 0 Å². The third-order valence-electron chi connectivity index (χ3n) is 3.38. The molecule has 1 amide bonds. The number of nitrogens with one attached hydrogen (secondary N) is 3. The first-order chi connectivity index (χ1) is 9.76. The minimum absolute atomic E-state index is 0.00540. The van der Waals surface area contributed by atoms with Gasteiger partial charge < -0.3 is 20.9 Å². The maximum Gasteiger partial charge on any atom is 0.239 e. The molecule has 0 saturated carbocycles. The van der Waals surface area contributed by atoms with Gasteiger partial charge in [0.05, 0.1) is 6.54 Å². The first-order valence-corrected chi connectivity index (χ1v) is 7.69. The molecule has 1 fully saturated rings. The van der Waals surface area contributed by atoms with Crippen molar-refractivity contribution >= 4 is 11.9 Å². The van der Waals surface area contributed by atoms with Gasteiger partial charge in [0.2, 0.25) is 5.91 Å². The van der Waals surface area contributed by atoms with Gasteiger partial charge in [-0.1, -0.05) is 13.3 Å². The summed E-state index contributed by atoms with van der Waals surface area (Å²) >= 11 is 0. The molecule has 20 heavy (non-hydrogen) atoms. The van der Waals surface area contributed by atoms with E-state index < -0.39 is 0 Å². The second-order valence-electron chi connectivity index (χ2n) is 5.10. The number of nitrogens with zero attached hydrogens (tertiary/aromatic N) is 2. The van der Waals surface area contributed by atoms with Gasteiger partial charge in [-0.2, -0.15) is 0 Å². The first-order valence-electron chi connectivity index (χ1n) is 7.69. The second kappa shape index (κ2) is 10.5. The van der Waals surface area contributed by atoms with Crippen molar-refractivity contribution in [1.82, 2.24) is 20.9 Å². The molecule has 1 rings (SSSR count). The standard InChI is InChI=1S/C14H29N5O/c1-3-7-16-13(20)12-18-14(15-2)17-8-11-19-9-5-4-6-10-19/h3-12H2,1-2H3,(H,16,20)(H2,15,17,18). The molecule has 6 heteroatoms. The van der Waals surface area contributed by atoms with Crippen LogP contribution in [0.25, 0.3) is 0 Å². The van der Waals surface area contributed by atoms with Crippen LogP contribution in [-0.2, 0) is 4.79 Å². The zero-order valence-corrected chi connectivity index (χ0v) is 12.9. The second-order valence-corrected chi connectivity index (χ2v) is 5.10. The number of carbonyl (C=O) groups is 1. The topological polar surface area (TPSA) is 68.8 Å². The lowest BCUT2D eigenvalue weighted by Crippen LogP contribution is -2.45. The monoisotopic (exact) mass is 283 g/mol. The number of likely N-dealkylation sites (tertiary alicyclic amines) is 1. The molecule has 6 nitrogen and oxygen atoms in total. The molecule has 0 atom stereocenters. The van der Waals surface area contributed by atoms with Crippen molar-refractivity contribution in [2.24, 2.45) is 4.99 Å². The summed E-state index contributed by atoms with van der Waals surface area (Å²) < 4.78 is 0. The van der Waals surface area contributed by atoms with Crippen molar-refractivity contribution in [2.75, 3.05) is 46.3 Å². The van der Waals surface area contributed by atoms with Crippen LogP contribution in [0.5, 0.6) is 0 Å². The van der Waals surface area contributed by atoms with E-state index >= 15 is 0 Å². The van der Waals surface area contributed by atoms with Crippen molar-refractivity contribution in [3.8, 4) is 0 Å². The number of hydrogen-bond donors (Lipinski definition) is 3. The summed E-state index contributed by atoms with van der Waals surface area (Å²) in [5.41, 5.74) is 0. The van der Waals surface area contributed by atoms with Crippen LogP contribution in [0.3, 0.4) is 0 Å². The Bertz CT molecular complexity index is 300. The summed E-state index contributed by atoms with van der Waals surface area (Å²) in [6.45, 7) is 7.32. The van der Waals surface area contributed by atoms with Crippen LogP contribution in [0.4, 0.5) is 0 Å². The Labute approximate surface area is 122 Å². The molecule has 0 aromatic heterocycles. The summed E-state index contributed by atoms with van der Waals surface area (Å²) in [5, 5.41) is 9.10. The van der Waals surface area contributed by atoms with Gasteiger partial charge in [0.15, 0.2) is 5.96 Å². The van der Waals surface area contributed by atoms with Crippen molar-refractivity contribution in [2.45, 2.75) is 32.6 Å². The highest BCUT2D eigenvalue weighted by Gasteiger charge is 2.09. The molecule has 1 aliphatic rings. The SMILES string of the molecule is CCCNC(=O)CNC(=NC)NCCN1CCCCC1. The lowest BCUT2D eigenvalue weighted by Gasteiger charge is -2.26. The summed E-state index contributed by atoms with van der Waals surface area (Å²) in [7, 11) is 1.72. The molecular weight excluding hydrogens is 254 g/mol. The average molecular weight is 283 g/mol. The van der Waals surface area contributed by atoms with Crippen molar-refractivity contribution in [1.29, 1.82) is 0 Å². The molecule has 116 valence electrons. The van der Waals surface area contributed by atoms with Crippen molar-refractivity contribution in [3.63, 3.8) is 0 Å². The van der Waals surface area contributed by atoms with Crippen molar-refractivity contribution in [3.05, 3.63) is 0 Å². The summed E-state index contributed by atoms with van der Waals surface area (Å²) in [6, 6.07) is 0. The van der Waals surface area contributed by atoms with E-state index in [0.29, 0.717) is 5.96 Å². The van der Waals surface area contributed by atoms with Crippen LogP contribution < -0.4 is 16.0 Å². The normalized spacial score (nSPS) is 16.8. The summed E-state index contributed by atoms with van der Waals surface area (Å²) in [6.07, 6.45) is 4.93. The molecule has 0 bridgehead atoms. The number of rotatable bonds is 7. The number of guanidine groups is 1. The number of carbonyl (C=O) groups excluding carboxylic acids is 1. The summed E-state index contributed by atoms with van der Waals surface area (Å²) in [4.78, 5) is 18.1. The highest BCUT2D eigenvalue weighted by Crippen LogP contribution is 2.07. The Morgan fingerprint density at radius 2 is 1.85 bits per heavy atom. The highest BCUT2D eigenvalue weighted by molar-refractivity contribution is 5.86. The Kier molecular flexibility index (Phi) is 8.78. The Morgan fingerprint density at radius 3 is 2.50 bits per heavy atom. The van der Waals surface area contributed by atoms with Crippen LogP contribution in [0.1, 0.15) is 32.6 Å². The minimum Gasteiger partial charge on any atom is -0.355 e. The van der Waals surface area contributed by atoms with Gasteiger partial charge in [-0.05, 0) is 32.4 Å². The van der Waals surface area contributed by atoms with Crippen LogP contribution in [0.2, 0.25) is 0 Å². The van der Waals surface area contributed by atoms with E-state index in [1.807, 2.05) is 6.92 Å². The third kappa shape index (κ3) is 7.33. The molecule has 1 aliphatic heterocycles. The van der Waals surface area contributed by atoms with E-state index in [9.17, 15) is 4.79 Å². The fraction of sp³-hybridized carbons (Fsp3) is 0.857. The molecule has 1 saturated heterocycles. The fourth-order valence-electron chi connectivity index (χ4n) is 2.23. The van der Waals surface area contributed by atoms with E-state index in [-0.39, 0.29) is 12.5 Å². The third-order valence-corrected chi connectivity index (χ3v) is 3.38. The van der Waals surface area contributed by atoms with Gasteiger partial charge in [0.25, 0.3) is 0 Å². The molecule has 0 spiro atoms. The van der Waals surface area contributed by atoms with Gasteiger partial charge in [-0.15, -0.1) is 0 Å². The lowest BCUT2D eigenvalue weighted by molar-refractivity contribution is -0.120. The van der Waals surface area contributed by atoms with Gasteiger partial charge in [-0.25, -0.2) is 0 Å². The molecule has 3 N–H and O–H groups in total. The molecule has 1 heterocycles. The average Bonchev–Trinajstić information content (AvgIpc) is 2.49. The molecular formula is C14H29N5O. The van der Waals surface area contributed by atoms with E-state index in [1.165, 1.54) is 32.4 Å². The molecule has 0 aliphatic carbocycles. The largest absolute Gasteiger partial charge is 0.355 e. The smallest absolute Gasteiger partial charge is 0.239 e. The molecule has 0 aromatic rings. The molecule has 0 radical (unpaired) electrons. The zero-order chi connectivity index (χ0) is 14.6. The predicted molar refractivity (Wildman–Crippen MR) is 83.0 cm³/mol. The molecule has 0 unspecified atom stereocenters. The number of amides is 1. The van der Waals surface area contributed by atoms with E-state index in [0.717, 1.165) is 26.1 Å². The van der Waals surface area contributed by atoms with Crippen LogP contribution >= 0.6 is 0 Å². The van der Waals surface area contributed by atoms with Gasteiger partial charge >= 0.3 is 0 Å². The lowest BCUT2D eigenvalue weighted by atomic mass is 10.1. The van der Waals surface area contributed by atoms with E-state index in [1.54, 1.807) is 7.05 Å². The predicted octanol–water partition coefficient (Wildman–Crippen LogP) is 0.164. The number of piperidine rings is 1. The fourth-order valence-corrected chi connectivity index (χ4v) is 2.23. The van der Waals surface area contributed by atoms with Crippen LogP contribution in [-0.4, -0.2) is 63.1 Å².